The van der Waals surface area contributed by atoms with Crippen molar-refractivity contribution in [1.82, 2.24) is 20.2 Å². The van der Waals surface area contributed by atoms with Crippen molar-refractivity contribution < 1.29 is 28.6 Å². The molecule has 0 spiro atoms. The Balaban J connectivity index is 1.23. The fraction of sp³-hybridized carbons (Fsp3) is 0.694. The first-order valence-electron chi connectivity index (χ1n) is 17.5. The van der Waals surface area contributed by atoms with Crippen molar-refractivity contribution in [3.05, 3.63) is 23.9 Å². The quantitative estimate of drug-likeness (QED) is 0.432. The Morgan fingerprint density at radius 3 is 2.57 bits per heavy atom. The van der Waals surface area contributed by atoms with Gasteiger partial charge in [-0.1, -0.05) is 46.0 Å². The summed E-state index contributed by atoms with van der Waals surface area (Å²) in [5.41, 5.74) is 1.81. The van der Waals surface area contributed by atoms with Crippen LogP contribution in [-0.4, -0.2) is 71.1 Å². The SMILES string of the molecule is COc1ccc2nc3c(nc2c1)O[C@H]1CN(C(=O)[C@H](C2(C)CCCCC2)NC(=O)O[C@@H]2CC4CC4[C@H]2CCCCC3)[C@H](C=O)[C@@H]1C. The highest BCUT2D eigenvalue weighted by atomic mass is 16.6. The highest BCUT2D eigenvalue weighted by Crippen LogP contribution is 2.57. The first kappa shape index (κ1) is 31.2. The van der Waals surface area contributed by atoms with Crippen LogP contribution in [0.15, 0.2) is 18.2 Å². The van der Waals surface area contributed by atoms with Gasteiger partial charge in [0.2, 0.25) is 11.8 Å². The van der Waals surface area contributed by atoms with E-state index in [-0.39, 0.29) is 24.5 Å². The number of rotatable bonds is 3. The highest BCUT2D eigenvalue weighted by Gasteiger charge is 2.55. The summed E-state index contributed by atoms with van der Waals surface area (Å²) in [6.45, 7) is 4.27. The van der Waals surface area contributed by atoms with Gasteiger partial charge in [0.15, 0.2) is 0 Å². The molecule has 8 atom stereocenters. The number of nitrogens with zero attached hydrogens (tertiary/aromatic N) is 3. The number of fused-ring (bicyclic) bond motifs is 7. The number of carbonyl (C=O) groups is 3. The molecule has 1 aromatic carbocycles. The second-order valence-electron chi connectivity index (χ2n) is 14.9. The summed E-state index contributed by atoms with van der Waals surface area (Å²) in [4.78, 5) is 52.2. The fourth-order valence-electron chi connectivity index (χ4n) is 8.98. The Hall–Kier alpha value is -3.43. The van der Waals surface area contributed by atoms with E-state index >= 15 is 0 Å². The molecule has 2 amide bonds. The van der Waals surface area contributed by atoms with Gasteiger partial charge in [-0.05, 0) is 80.2 Å². The normalized spacial score (nSPS) is 34.5. The zero-order chi connectivity index (χ0) is 32.0. The number of hydrogen-bond acceptors (Lipinski definition) is 8. The number of carbonyl (C=O) groups excluding carboxylic acids is 3. The molecule has 3 saturated carbocycles. The highest BCUT2D eigenvalue weighted by molar-refractivity contribution is 5.89. The summed E-state index contributed by atoms with van der Waals surface area (Å²) in [6.07, 6.45) is 11.4. The number of amides is 2. The molecule has 2 aliphatic heterocycles. The molecule has 1 saturated heterocycles. The third kappa shape index (κ3) is 5.92. The molecule has 1 N–H and O–H groups in total. The summed E-state index contributed by atoms with van der Waals surface area (Å²) in [5.74, 6) is 2.26. The van der Waals surface area contributed by atoms with Crippen LogP contribution in [0.2, 0.25) is 0 Å². The minimum atomic E-state index is -0.787. The van der Waals surface area contributed by atoms with Gasteiger partial charge in [0.05, 0.1) is 30.7 Å². The van der Waals surface area contributed by atoms with Crippen molar-refractivity contribution >= 4 is 29.3 Å². The number of methoxy groups -OCH3 is 1. The zero-order valence-electron chi connectivity index (χ0n) is 27.4. The third-order valence-corrected chi connectivity index (χ3v) is 11.9. The van der Waals surface area contributed by atoms with Crippen LogP contribution in [0.3, 0.4) is 0 Å². The maximum atomic E-state index is 14.5. The second-order valence-corrected chi connectivity index (χ2v) is 14.9. The van der Waals surface area contributed by atoms with E-state index in [0.29, 0.717) is 41.3 Å². The smallest absolute Gasteiger partial charge is 0.408 e. The molecule has 2 bridgehead atoms. The molecule has 3 heterocycles. The van der Waals surface area contributed by atoms with Gasteiger partial charge in [-0.2, -0.15) is 0 Å². The molecular weight excluding hydrogens is 584 g/mol. The lowest BCUT2D eigenvalue weighted by Gasteiger charge is -2.42. The van der Waals surface area contributed by atoms with Gasteiger partial charge >= 0.3 is 6.09 Å². The van der Waals surface area contributed by atoms with E-state index in [1.54, 1.807) is 12.0 Å². The standard InChI is InChI=1S/C36H48N4O6/c1-21-29(20-41)40-19-31(21)45-33-27(37-26-13-12-23(44-3)18-28(26)38-33)11-7-4-6-10-24-25-16-22(25)17-30(24)46-35(43)39-32(34(40)42)36(2)14-8-5-9-15-36/h12-13,18,20-22,24-25,29-32H,4-11,14-17,19H2,1-3H3,(H,39,43)/t21-,22?,24+,25?,29+,30+,31-,32+/m0/s1. The average Bonchev–Trinajstić information content (AvgIpc) is 3.63. The zero-order valence-corrected chi connectivity index (χ0v) is 27.4. The maximum Gasteiger partial charge on any atom is 0.408 e. The molecule has 10 heteroatoms. The molecule has 2 unspecified atom stereocenters. The summed E-state index contributed by atoms with van der Waals surface area (Å²) in [5, 5.41) is 3.07. The molecule has 5 aliphatic rings. The van der Waals surface area contributed by atoms with Crippen molar-refractivity contribution in [2.45, 2.75) is 115 Å². The minimum absolute atomic E-state index is 0.111. The van der Waals surface area contributed by atoms with Crippen molar-refractivity contribution in [1.29, 1.82) is 0 Å². The van der Waals surface area contributed by atoms with Crippen LogP contribution in [0.5, 0.6) is 11.6 Å². The van der Waals surface area contributed by atoms with Crippen LogP contribution in [0.4, 0.5) is 4.79 Å². The number of aryl methyl sites for hydroxylation is 1. The molecule has 1 aromatic heterocycles. The third-order valence-electron chi connectivity index (χ3n) is 11.9. The molecule has 2 aromatic rings. The van der Waals surface area contributed by atoms with Crippen molar-refractivity contribution in [2.75, 3.05) is 13.7 Å². The first-order chi connectivity index (χ1) is 22.3. The summed E-state index contributed by atoms with van der Waals surface area (Å²) in [7, 11) is 1.62. The predicted molar refractivity (Wildman–Crippen MR) is 171 cm³/mol. The van der Waals surface area contributed by atoms with Gasteiger partial charge in [-0.3, -0.25) is 4.79 Å². The molecule has 46 heavy (non-hydrogen) atoms. The van der Waals surface area contributed by atoms with Crippen LogP contribution in [0, 0.1) is 29.1 Å². The Kier molecular flexibility index (Phi) is 8.57. The molecule has 248 valence electrons. The monoisotopic (exact) mass is 632 g/mol. The number of ether oxygens (including phenoxy) is 3. The Morgan fingerprint density at radius 2 is 1.78 bits per heavy atom. The Morgan fingerprint density at radius 1 is 0.978 bits per heavy atom. The van der Waals surface area contributed by atoms with E-state index in [4.69, 9.17) is 24.2 Å². The van der Waals surface area contributed by atoms with Crippen molar-refractivity contribution in [3.8, 4) is 11.6 Å². The molecule has 3 aliphatic carbocycles. The van der Waals surface area contributed by atoms with E-state index < -0.39 is 29.7 Å². The summed E-state index contributed by atoms with van der Waals surface area (Å²) in [6, 6.07) is 4.18. The van der Waals surface area contributed by atoms with Crippen LogP contribution >= 0.6 is 0 Å². The summed E-state index contributed by atoms with van der Waals surface area (Å²) >= 11 is 0. The number of aldehydes is 1. The molecule has 4 fully saturated rings. The lowest BCUT2D eigenvalue weighted by molar-refractivity contribution is -0.140. The van der Waals surface area contributed by atoms with E-state index in [2.05, 4.69) is 12.2 Å². The number of nitrogens with one attached hydrogen (secondary N) is 1. The van der Waals surface area contributed by atoms with Crippen LogP contribution in [0.1, 0.15) is 90.2 Å². The Labute approximate surface area is 271 Å². The number of alkyl carbamates (subject to hydrolysis) is 1. The lowest BCUT2D eigenvalue weighted by Crippen LogP contribution is -2.58. The topological polar surface area (TPSA) is 120 Å². The fourth-order valence-corrected chi connectivity index (χ4v) is 8.98. The van der Waals surface area contributed by atoms with Crippen molar-refractivity contribution in [3.63, 3.8) is 0 Å². The van der Waals surface area contributed by atoms with E-state index in [9.17, 15) is 14.4 Å². The number of aromatic nitrogens is 2. The van der Waals surface area contributed by atoms with E-state index in [1.165, 1.54) is 6.42 Å². The van der Waals surface area contributed by atoms with Gasteiger partial charge in [0.25, 0.3) is 0 Å². The van der Waals surface area contributed by atoms with Crippen LogP contribution in [-0.2, 0) is 20.7 Å². The lowest BCUT2D eigenvalue weighted by atomic mass is 9.70. The van der Waals surface area contributed by atoms with Crippen LogP contribution in [0.25, 0.3) is 11.0 Å². The first-order valence-corrected chi connectivity index (χ1v) is 17.5. The van der Waals surface area contributed by atoms with Gasteiger partial charge in [0.1, 0.15) is 36.0 Å². The number of hydrogen-bond donors (Lipinski definition) is 1. The van der Waals surface area contributed by atoms with E-state index in [1.807, 2.05) is 25.1 Å². The van der Waals surface area contributed by atoms with Crippen LogP contribution < -0.4 is 14.8 Å². The molecule has 10 nitrogen and oxygen atoms in total. The van der Waals surface area contributed by atoms with Crippen molar-refractivity contribution in [2.24, 2.45) is 29.1 Å². The minimum Gasteiger partial charge on any atom is -0.497 e. The molecule has 0 radical (unpaired) electrons. The molecular formula is C36H48N4O6. The largest absolute Gasteiger partial charge is 0.497 e. The second kappa shape index (κ2) is 12.6. The summed E-state index contributed by atoms with van der Waals surface area (Å²) < 4.78 is 18.2. The van der Waals surface area contributed by atoms with Gasteiger partial charge in [-0.25, -0.2) is 14.8 Å². The number of benzene rings is 1. The Bertz CT molecular complexity index is 1480. The van der Waals surface area contributed by atoms with E-state index in [0.717, 1.165) is 81.7 Å². The molecule has 7 rings (SSSR count). The maximum absolute atomic E-state index is 14.5. The van der Waals surface area contributed by atoms with Gasteiger partial charge < -0.3 is 29.2 Å². The average molecular weight is 633 g/mol. The predicted octanol–water partition coefficient (Wildman–Crippen LogP) is 5.64. The van der Waals surface area contributed by atoms with Gasteiger partial charge in [-0.15, -0.1) is 0 Å². The van der Waals surface area contributed by atoms with Gasteiger partial charge in [0, 0.05) is 12.0 Å².